The number of hydrogen-bond acceptors (Lipinski definition) is 8. The number of nitrogens with zero attached hydrogens (tertiary/aromatic N) is 6. The third-order valence-electron chi connectivity index (χ3n) is 4.88. The molecule has 10 nitrogen and oxygen atoms in total. The van der Waals surface area contributed by atoms with E-state index in [4.69, 9.17) is 0 Å². The van der Waals surface area contributed by atoms with E-state index in [-0.39, 0.29) is 10.8 Å². The first-order chi connectivity index (χ1) is 16.4. The Bertz CT molecular complexity index is 1520. The van der Waals surface area contributed by atoms with Crippen molar-refractivity contribution in [3.05, 3.63) is 77.9 Å². The van der Waals surface area contributed by atoms with Gasteiger partial charge in [-0.3, -0.25) is 0 Å². The van der Waals surface area contributed by atoms with Crippen LogP contribution < -0.4 is 4.72 Å². The van der Waals surface area contributed by atoms with E-state index in [2.05, 4.69) is 35.0 Å². The predicted octanol–water partition coefficient (Wildman–Crippen LogP) is 3.64. The first-order valence-electron chi connectivity index (χ1n) is 10.3. The highest BCUT2D eigenvalue weighted by Gasteiger charge is 2.16. The number of sulfonamides is 1. The molecule has 0 saturated heterocycles. The van der Waals surface area contributed by atoms with Crippen molar-refractivity contribution >= 4 is 38.8 Å². The average molecular weight is 493 g/mol. The fraction of sp³-hybridized carbons (Fsp3) is 0.136. The van der Waals surface area contributed by atoms with Gasteiger partial charge >= 0.3 is 0 Å². The van der Waals surface area contributed by atoms with Crippen LogP contribution in [0.2, 0.25) is 0 Å². The Morgan fingerprint density at radius 2 is 1.74 bits per heavy atom. The van der Waals surface area contributed by atoms with Crippen LogP contribution in [0, 0.1) is 13.8 Å². The number of H-pyrrole nitrogens is 1. The van der Waals surface area contributed by atoms with E-state index in [9.17, 15) is 8.42 Å². The van der Waals surface area contributed by atoms with Gasteiger partial charge in [0.2, 0.25) is 5.95 Å². The van der Waals surface area contributed by atoms with E-state index in [1.54, 1.807) is 42.9 Å². The number of fused-ring (bicyclic) bond motifs is 1. The summed E-state index contributed by atoms with van der Waals surface area (Å²) in [6, 6.07) is 16.0. The molecule has 3 aromatic heterocycles. The van der Waals surface area contributed by atoms with Crippen LogP contribution in [0.5, 0.6) is 0 Å². The average Bonchev–Trinajstić information content (AvgIpc) is 3.43. The first-order valence-corrected chi connectivity index (χ1v) is 12.8. The molecule has 2 aromatic carbocycles. The lowest BCUT2D eigenvalue weighted by molar-refractivity contribution is 0.600. The third kappa shape index (κ3) is 4.77. The number of thioether (sulfide) groups is 1. The molecule has 3 heterocycles. The second-order valence-corrected chi connectivity index (χ2v) is 10.2. The van der Waals surface area contributed by atoms with Crippen LogP contribution in [0.1, 0.15) is 17.1 Å². The highest BCUT2D eigenvalue weighted by molar-refractivity contribution is 7.98. The molecule has 0 atom stereocenters. The second-order valence-electron chi connectivity index (χ2n) is 7.58. The Morgan fingerprint density at radius 3 is 2.47 bits per heavy atom. The number of anilines is 1. The summed E-state index contributed by atoms with van der Waals surface area (Å²) in [5.41, 5.74) is 4.73. The molecule has 0 unspecified atom stereocenters. The van der Waals surface area contributed by atoms with Crippen LogP contribution >= 0.6 is 11.8 Å². The van der Waals surface area contributed by atoms with Gasteiger partial charge in [0.25, 0.3) is 10.0 Å². The molecule has 172 valence electrons. The van der Waals surface area contributed by atoms with Crippen molar-refractivity contribution in [3.63, 3.8) is 0 Å². The summed E-state index contributed by atoms with van der Waals surface area (Å²) >= 11 is 1.53. The van der Waals surface area contributed by atoms with E-state index in [1.807, 2.05) is 24.3 Å². The topological polar surface area (TPSA) is 131 Å². The number of aromatic amines is 1. The molecule has 2 N–H and O–H groups in total. The quantitative estimate of drug-likeness (QED) is 0.329. The lowest BCUT2D eigenvalue weighted by Gasteiger charge is -2.08. The molecule has 5 aromatic rings. The van der Waals surface area contributed by atoms with Gasteiger partial charge in [0, 0.05) is 17.1 Å². The number of imidazole rings is 1. The van der Waals surface area contributed by atoms with E-state index < -0.39 is 10.0 Å². The minimum atomic E-state index is -3.83. The molecule has 0 bridgehead atoms. The molecule has 12 heteroatoms. The van der Waals surface area contributed by atoms with Crippen molar-refractivity contribution in [1.29, 1.82) is 0 Å². The van der Waals surface area contributed by atoms with Crippen LogP contribution in [-0.2, 0) is 15.8 Å². The molecule has 0 aliphatic carbocycles. The number of aryl methyl sites for hydroxylation is 2. The van der Waals surface area contributed by atoms with Gasteiger partial charge in [-0.05, 0) is 56.3 Å². The molecule has 0 amide bonds. The maximum Gasteiger partial charge on any atom is 0.264 e. The monoisotopic (exact) mass is 492 g/mol. The van der Waals surface area contributed by atoms with E-state index in [0.29, 0.717) is 22.8 Å². The van der Waals surface area contributed by atoms with Crippen molar-refractivity contribution in [2.24, 2.45) is 0 Å². The minimum Gasteiger partial charge on any atom is -0.333 e. The Balaban J connectivity index is 1.27. The highest BCUT2D eigenvalue weighted by Crippen LogP contribution is 2.23. The molecule has 0 radical (unpaired) electrons. The minimum absolute atomic E-state index is 0.0458. The van der Waals surface area contributed by atoms with Crippen LogP contribution in [0.25, 0.3) is 16.7 Å². The number of nitrogens with one attached hydrogen (secondary N) is 2. The first kappa shape index (κ1) is 22.0. The van der Waals surface area contributed by atoms with Gasteiger partial charge in [0.1, 0.15) is 0 Å². The standard InChI is InChI=1S/C22H20N8O2S2/c1-14-11-15(2)24-21(23-14)28-34(31,32)18-9-7-17(8-10-18)30-12-16(27-29-30)13-33-22-25-19-5-3-4-6-20(19)26-22/h3-12H,13H2,1-2H3,(H,25,26)(H,23,24,28). The van der Waals surface area contributed by atoms with Crippen molar-refractivity contribution in [2.45, 2.75) is 29.7 Å². The Kier molecular flexibility index (Phi) is 5.75. The Labute approximate surface area is 199 Å². The molecule has 0 spiro atoms. The van der Waals surface area contributed by atoms with E-state index in [0.717, 1.165) is 21.9 Å². The van der Waals surface area contributed by atoms with Gasteiger partial charge in [0.15, 0.2) is 5.16 Å². The Morgan fingerprint density at radius 1 is 1.00 bits per heavy atom. The summed E-state index contributed by atoms with van der Waals surface area (Å²) in [4.78, 5) is 16.2. The van der Waals surface area contributed by atoms with Crippen molar-refractivity contribution in [2.75, 3.05) is 4.72 Å². The van der Waals surface area contributed by atoms with Crippen LogP contribution in [0.15, 0.2) is 70.8 Å². The van der Waals surface area contributed by atoms with Gasteiger partial charge in [-0.1, -0.05) is 29.1 Å². The number of rotatable bonds is 7. The summed E-state index contributed by atoms with van der Waals surface area (Å²) < 4.78 is 29.5. The van der Waals surface area contributed by atoms with Crippen LogP contribution in [0.4, 0.5) is 5.95 Å². The molecular formula is C22H20N8O2S2. The maximum atomic E-state index is 12.7. The molecular weight excluding hydrogens is 472 g/mol. The van der Waals surface area contributed by atoms with Gasteiger partial charge < -0.3 is 4.98 Å². The summed E-state index contributed by atoms with van der Waals surface area (Å²) in [6.07, 6.45) is 1.81. The van der Waals surface area contributed by atoms with Gasteiger partial charge in [0.05, 0.1) is 33.5 Å². The van der Waals surface area contributed by atoms with Gasteiger partial charge in [-0.15, -0.1) is 5.10 Å². The molecule has 5 rings (SSSR count). The third-order valence-corrected chi connectivity index (χ3v) is 7.14. The van der Waals surface area contributed by atoms with Crippen LogP contribution in [-0.4, -0.2) is 43.3 Å². The van der Waals surface area contributed by atoms with Gasteiger partial charge in [-0.25, -0.2) is 32.8 Å². The fourth-order valence-electron chi connectivity index (χ4n) is 3.36. The zero-order valence-electron chi connectivity index (χ0n) is 18.3. The lowest BCUT2D eigenvalue weighted by Crippen LogP contribution is -2.15. The van der Waals surface area contributed by atoms with Crippen LogP contribution in [0.3, 0.4) is 0 Å². The predicted molar refractivity (Wildman–Crippen MR) is 129 cm³/mol. The molecule has 34 heavy (non-hydrogen) atoms. The second kappa shape index (κ2) is 8.88. The zero-order valence-corrected chi connectivity index (χ0v) is 19.9. The Hall–Kier alpha value is -3.77. The lowest BCUT2D eigenvalue weighted by atomic mass is 10.3. The van der Waals surface area contributed by atoms with Crippen molar-refractivity contribution < 1.29 is 8.42 Å². The molecule has 0 aliphatic rings. The van der Waals surface area contributed by atoms with E-state index >= 15 is 0 Å². The molecule has 0 saturated carbocycles. The number of hydrogen-bond donors (Lipinski definition) is 2. The maximum absolute atomic E-state index is 12.7. The van der Waals surface area contributed by atoms with Crippen molar-refractivity contribution in [3.8, 4) is 5.69 Å². The molecule has 0 fully saturated rings. The largest absolute Gasteiger partial charge is 0.333 e. The SMILES string of the molecule is Cc1cc(C)nc(NS(=O)(=O)c2ccc(-n3cc(CSc4nc5ccccc5[nH]4)nn3)cc2)n1. The summed E-state index contributed by atoms with van der Waals surface area (Å²) in [6.45, 7) is 3.56. The fourth-order valence-corrected chi connectivity index (χ4v) is 5.07. The summed E-state index contributed by atoms with van der Waals surface area (Å²) in [5.74, 6) is 0.635. The number of benzene rings is 2. The smallest absolute Gasteiger partial charge is 0.264 e. The summed E-state index contributed by atoms with van der Waals surface area (Å²) in [7, 11) is -3.83. The van der Waals surface area contributed by atoms with E-state index in [1.165, 1.54) is 23.9 Å². The highest BCUT2D eigenvalue weighted by atomic mass is 32.2. The number of para-hydroxylation sites is 2. The van der Waals surface area contributed by atoms with Crippen molar-refractivity contribution in [1.82, 2.24) is 34.9 Å². The molecule has 0 aliphatic heterocycles. The number of aromatic nitrogens is 7. The summed E-state index contributed by atoms with van der Waals surface area (Å²) in [5, 5.41) is 9.18. The zero-order chi connectivity index (χ0) is 23.7. The normalized spacial score (nSPS) is 11.7. The van der Waals surface area contributed by atoms with Gasteiger partial charge in [-0.2, -0.15) is 0 Å².